The van der Waals surface area contributed by atoms with Crippen LogP contribution in [-0.4, -0.2) is 30.6 Å². The molecule has 118 valence electrons. The van der Waals surface area contributed by atoms with E-state index in [4.69, 9.17) is 10.5 Å². The third-order valence-electron chi connectivity index (χ3n) is 4.39. The first-order valence-corrected chi connectivity index (χ1v) is 8.13. The van der Waals surface area contributed by atoms with Crippen LogP contribution >= 0.6 is 23.7 Å². The van der Waals surface area contributed by atoms with Crippen LogP contribution in [0.5, 0.6) is 0 Å². The average Bonchev–Trinajstić information content (AvgIpc) is 2.90. The quantitative estimate of drug-likeness (QED) is 0.889. The number of amides is 1. The molecule has 2 aliphatic rings. The molecule has 21 heavy (non-hydrogen) atoms. The molecular formula is C14H22ClN3O2S. The van der Waals surface area contributed by atoms with E-state index in [-0.39, 0.29) is 18.3 Å². The first-order valence-electron chi connectivity index (χ1n) is 7.31. The molecule has 2 heterocycles. The maximum absolute atomic E-state index is 12.6. The maximum atomic E-state index is 12.6. The molecule has 1 saturated heterocycles. The molecule has 7 heteroatoms. The molecule has 0 saturated carbocycles. The standard InChI is InChI=1S/C14H21N3O2S.ClH/c15-9-14(5-7-19-8-6-14)12(18)17-13-16-10-3-1-2-4-11(10)20-13;/h1-9,15H2,(H,16,17,18);1H. The fraction of sp³-hybridized carbons (Fsp3) is 0.714. The highest BCUT2D eigenvalue weighted by molar-refractivity contribution is 7.15. The van der Waals surface area contributed by atoms with Gasteiger partial charge in [-0.3, -0.25) is 4.79 Å². The van der Waals surface area contributed by atoms with Crippen molar-refractivity contribution in [2.24, 2.45) is 11.1 Å². The van der Waals surface area contributed by atoms with E-state index in [1.165, 1.54) is 23.4 Å². The Morgan fingerprint density at radius 1 is 1.33 bits per heavy atom. The summed E-state index contributed by atoms with van der Waals surface area (Å²) in [6, 6.07) is 0. The van der Waals surface area contributed by atoms with Gasteiger partial charge in [-0.05, 0) is 38.5 Å². The van der Waals surface area contributed by atoms with Crippen molar-refractivity contribution < 1.29 is 9.53 Å². The van der Waals surface area contributed by atoms with Gasteiger partial charge >= 0.3 is 0 Å². The fourth-order valence-corrected chi connectivity index (χ4v) is 3.97. The van der Waals surface area contributed by atoms with Gasteiger partial charge in [0.25, 0.3) is 0 Å². The Labute approximate surface area is 135 Å². The number of aromatic nitrogens is 1. The van der Waals surface area contributed by atoms with Gasteiger partial charge < -0.3 is 15.8 Å². The number of anilines is 1. The number of carbonyl (C=O) groups is 1. The Balaban J connectivity index is 0.00000161. The first-order chi connectivity index (χ1) is 9.73. The SMILES string of the molecule is Cl.NCC1(C(=O)Nc2nc3c(s2)CCCC3)CCOCC1. The zero-order valence-electron chi connectivity index (χ0n) is 12.0. The molecule has 1 aliphatic heterocycles. The van der Waals surface area contributed by atoms with Crippen LogP contribution < -0.4 is 11.1 Å². The number of aryl methyl sites for hydroxylation is 2. The molecular weight excluding hydrogens is 310 g/mol. The van der Waals surface area contributed by atoms with Crippen molar-refractivity contribution >= 4 is 34.8 Å². The van der Waals surface area contributed by atoms with Gasteiger partial charge in [0.2, 0.25) is 5.91 Å². The molecule has 1 aromatic heterocycles. The molecule has 0 atom stereocenters. The molecule has 1 aliphatic carbocycles. The number of ether oxygens (including phenoxy) is 1. The average molecular weight is 332 g/mol. The van der Waals surface area contributed by atoms with Crippen LogP contribution in [0.4, 0.5) is 5.13 Å². The second-order valence-corrected chi connectivity index (χ2v) is 6.73. The molecule has 0 bridgehead atoms. The zero-order chi connectivity index (χ0) is 14.0. The summed E-state index contributed by atoms with van der Waals surface area (Å²) in [6.45, 7) is 1.59. The predicted molar refractivity (Wildman–Crippen MR) is 86.2 cm³/mol. The summed E-state index contributed by atoms with van der Waals surface area (Å²) in [5, 5.41) is 3.73. The number of fused-ring (bicyclic) bond motifs is 1. The van der Waals surface area contributed by atoms with E-state index >= 15 is 0 Å². The largest absolute Gasteiger partial charge is 0.381 e. The normalized spacial score (nSPS) is 20.2. The Bertz CT molecular complexity index is 477. The van der Waals surface area contributed by atoms with E-state index in [1.807, 2.05) is 0 Å². The van der Waals surface area contributed by atoms with Gasteiger partial charge in [0.15, 0.2) is 5.13 Å². The third-order valence-corrected chi connectivity index (χ3v) is 5.46. The maximum Gasteiger partial charge on any atom is 0.233 e. The summed E-state index contributed by atoms with van der Waals surface area (Å²) in [4.78, 5) is 18.5. The summed E-state index contributed by atoms with van der Waals surface area (Å²) in [6.07, 6.45) is 5.96. The van der Waals surface area contributed by atoms with Crippen LogP contribution in [0.2, 0.25) is 0 Å². The topological polar surface area (TPSA) is 77.2 Å². The minimum atomic E-state index is -0.482. The van der Waals surface area contributed by atoms with Crippen molar-refractivity contribution in [3.8, 4) is 0 Å². The van der Waals surface area contributed by atoms with Gasteiger partial charge in [-0.1, -0.05) is 0 Å². The van der Waals surface area contributed by atoms with E-state index < -0.39 is 5.41 Å². The molecule has 0 spiro atoms. The number of hydrogen-bond acceptors (Lipinski definition) is 5. The highest BCUT2D eigenvalue weighted by Gasteiger charge is 2.39. The molecule has 0 aromatic carbocycles. The lowest BCUT2D eigenvalue weighted by Crippen LogP contribution is -2.46. The lowest BCUT2D eigenvalue weighted by molar-refractivity contribution is -0.130. The monoisotopic (exact) mass is 331 g/mol. The molecule has 0 unspecified atom stereocenters. The van der Waals surface area contributed by atoms with Gasteiger partial charge in [-0.25, -0.2) is 4.98 Å². The second kappa shape index (κ2) is 7.05. The lowest BCUT2D eigenvalue weighted by Gasteiger charge is -2.34. The molecule has 1 amide bonds. The van der Waals surface area contributed by atoms with E-state index in [9.17, 15) is 4.79 Å². The van der Waals surface area contributed by atoms with Gasteiger partial charge in [0, 0.05) is 24.6 Å². The van der Waals surface area contributed by atoms with Crippen molar-refractivity contribution in [2.45, 2.75) is 38.5 Å². The van der Waals surface area contributed by atoms with Crippen LogP contribution in [0.25, 0.3) is 0 Å². The number of hydrogen-bond donors (Lipinski definition) is 2. The van der Waals surface area contributed by atoms with Gasteiger partial charge in [-0.15, -0.1) is 23.7 Å². The van der Waals surface area contributed by atoms with E-state index in [2.05, 4.69) is 10.3 Å². The zero-order valence-corrected chi connectivity index (χ0v) is 13.7. The van der Waals surface area contributed by atoms with Gasteiger partial charge in [-0.2, -0.15) is 0 Å². The number of rotatable bonds is 3. The van der Waals surface area contributed by atoms with E-state index in [0.29, 0.717) is 32.6 Å². The number of thiazole rings is 1. The first kappa shape index (κ1) is 16.7. The van der Waals surface area contributed by atoms with Crippen molar-refractivity contribution in [3.05, 3.63) is 10.6 Å². The van der Waals surface area contributed by atoms with Crippen molar-refractivity contribution in [2.75, 3.05) is 25.1 Å². The van der Waals surface area contributed by atoms with Crippen LogP contribution in [0.15, 0.2) is 0 Å². The molecule has 1 aromatic rings. The van der Waals surface area contributed by atoms with Crippen molar-refractivity contribution in [1.82, 2.24) is 4.98 Å². The molecule has 3 N–H and O–H groups in total. The molecule has 5 nitrogen and oxygen atoms in total. The summed E-state index contributed by atoms with van der Waals surface area (Å²) in [7, 11) is 0. The van der Waals surface area contributed by atoms with Crippen molar-refractivity contribution in [3.63, 3.8) is 0 Å². The highest BCUT2D eigenvalue weighted by atomic mass is 35.5. The van der Waals surface area contributed by atoms with Gasteiger partial charge in [0.05, 0.1) is 11.1 Å². The second-order valence-electron chi connectivity index (χ2n) is 5.65. The lowest BCUT2D eigenvalue weighted by atomic mass is 9.79. The van der Waals surface area contributed by atoms with E-state index in [0.717, 1.165) is 18.0 Å². The molecule has 0 radical (unpaired) electrons. The van der Waals surface area contributed by atoms with Gasteiger partial charge in [0.1, 0.15) is 0 Å². The fourth-order valence-electron chi connectivity index (χ4n) is 2.92. The number of nitrogens with two attached hydrogens (primary N) is 1. The van der Waals surface area contributed by atoms with E-state index in [1.54, 1.807) is 11.3 Å². The minimum absolute atomic E-state index is 0. The molecule has 1 fully saturated rings. The number of halogens is 1. The smallest absolute Gasteiger partial charge is 0.233 e. The van der Waals surface area contributed by atoms with Crippen LogP contribution in [0, 0.1) is 5.41 Å². The highest BCUT2D eigenvalue weighted by Crippen LogP contribution is 2.33. The summed E-state index contributed by atoms with van der Waals surface area (Å²) in [5.74, 6) is 0.00870. The third kappa shape index (κ3) is 3.39. The Morgan fingerprint density at radius 2 is 2.05 bits per heavy atom. The van der Waals surface area contributed by atoms with Crippen molar-refractivity contribution in [1.29, 1.82) is 0 Å². The number of nitrogens with one attached hydrogen (secondary N) is 1. The number of carbonyl (C=O) groups excluding carboxylic acids is 1. The molecule has 3 rings (SSSR count). The van der Waals surface area contributed by atoms with Crippen LogP contribution in [-0.2, 0) is 22.4 Å². The Hall–Kier alpha value is -0.690. The predicted octanol–water partition coefficient (Wildman–Crippen LogP) is 2.14. The summed E-state index contributed by atoms with van der Waals surface area (Å²) < 4.78 is 5.34. The number of nitrogens with zero attached hydrogens (tertiary/aromatic N) is 1. The van der Waals surface area contributed by atoms with Crippen LogP contribution in [0.3, 0.4) is 0 Å². The van der Waals surface area contributed by atoms with Crippen LogP contribution in [0.1, 0.15) is 36.3 Å². The minimum Gasteiger partial charge on any atom is -0.381 e. The summed E-state index contributed by atoms with van der Waals surface area (Å²) in [5.41, 5.74) is 6.55. The summed E-state index contributed by atoms with van der Waals surface area (Å²) >= 11 is 1.62. The Kier molecular flexibility index (Phi) is 5.60. The Morgan fingerprint density at radius 3 is 2.71 bits per heavy atom.